The number of hydrogen-bond acceptors (Lipinski definition) is 2. The minimum absolute atomic E-state index is 0.128. The molecule has 0 saturated carbocycles. The van der Waals surface area contributed by atoms with E-state index in [1.165, 1.54) is 25.1 Å². The molecule has 0 radical (unpaired) electrons. The van der Waals surface area contributed by atoms with Gasteiger partial charge in [0.25, 0.3) is 5.67 Å². The van der Waals surface area contributed by atoms with Crippen LogP contribution < -0.4 is 0 Å². The summed E-state index contributed by atoms with van der Waals surface area (Å²) in [7, 11) is 0. The number of benzene rings is 1. The second-order valence-corrected chi connectivity index (χ2v) is 3.93. The highest BCUT2D eigenvalue weighted by molar-refractivity contribution is 5.83. The second-order valence-electron chi connectivity index (χ2n) is 3.93. The highest BCUT2D eigenvalue weighted by atomic mass is 19.3. The number of esters is 1. The van der Waals surface area contributed by atoms with Crippen LogP contribution in [0, 0.1) is 0 Å². The second kappa shape index (κ2) is 3.75. The van der Waals surface area contributed by atoms with Gasteiger partial charge in [-0.2, -0.15) is 8.78 Å². The topological polar surface area (TPSA) is 26.3 Å². The minimum atomic E-state index is -3.84. The Balaban J connectivity index is 2.45. The van der Waals surface area contributed by atoms with Crippen LogP contribution in [0.5, 0.6) is 0 Å². The van der Waals surface area contributed by atoms with Gasteiger partial charge in [-0.3, -0.25) is 0 Å². The minimum Gasteiger partial charge on any atom is -0.463 e. The Kier molecular flexibility index (Phi) is 2.64. The highest BCUT2D eigenvalue weighted by Crippen LogP contribution is 2.51. The van der Waals surface area contributed by atoms with Crippen molar-refractivity contribution in [3.8, 4) is 0 Å². The molecule has 0 heterocycles. The number of alkyl halides is 3. The van der Waals surface area contributed by atoms with Crippen molar-refractivity contribution in [1.82, 2.24) is 0 Å². The van der Waals surface area contributed by atoms with Gasteiger partial charge in [-0.05, 0) is 12.5 Å². The van der Waals surface area contributed by atoms with Crippen LogP contribution in [-0.4, -0.2) is 18.2 Å². The maximum atomic E-state index is 14.2. The predicted octanol–water partition coefficient (Wildman–Crippen LogP) is 2.61. The summed E-state index contributed by atoms with van der Waals surface area (Å²) in [6.45, 7) is 1.32. The van der Waals surface area contributed by atoms with E-state index < -0.39 is 29.5 Å². The zero-order chi connectivity index (χ0) is 12.7. The Morgan fingerprint density at radius 3 is 2.59 bits per heavy atom. The van der Waals surface area contributed by atoms with Crippen LogP contribution in [0.2, 0.25) is 0 Å². The quantitative estimate of drug-likeness (QED) is 0.747. The van der Waals surface area contributed by atoms with E-state index >= 15 is 0 Å². The summed E-state index contributed by atoms with van der Waals surface area (Å²) in [5, 5.41) is 0. The number of ether oxygens (including phenoxy) is 1. The molecule has 0 saturated heterocycles. The van der Waals surface area contributed by atoms with Crippen molar-refractivity contribution in [2.75, 3.05) is 6.61 Å². The van der Waals surface area contributed by atoms with Gasteiger partial charge in [0.2, 0.25) is 0 Å². The van der Waals surface area contributed by atoms with Crippen LogP contribution in [0.3, 0.4) is 0 Å². The van der Waals surface area contributed by atoms with Gasteiger partial charge in [0.05, 0.1) is 6.61 Å². The zero-order valence-corrected chi connectivity index (χ0v) is 9.17. The third-order valence-corrected chi connectivity index (χ3v) is 2.89. The SMILES string of the molecule is CCOC(=O)C1(F)Cc2ccccc2C1(F)F. The van der Waals surface area contributed by atoms with Crippen LogP contribution >= 0.6 is 0 Å². The van der Waals surface area contributed by atoms with E-state index in [-0.39, 0.29) is 12.2 Å². The molecule has 0 amide bonds. The summed E-state index contributed by atoms with van der Waals surface area (Å²) in [6.07, 6.45) is -0.644. The smallest absolute Gasteiger partial charge is 0.351 e. The lowest BCUT2D eigenvalue weighted by molar-refractivity contribution is -0.188. The summed E-state index contributed by atoms with van der Waals surface area (Å²) >= 11 is 0. The summed E-state index contributed by atoms with van der Waals surface area (Å²) in [5.74, 6) is -5.34. The molecule has 2 rings (SSSR count). The van der Waals surface area contributed by atoms with Gasteiger partial charge in [-0.1, -0.05) is 24.3 Å². The maximum absolute atomic E-state index is 14.2. The summed E-state index contributed by atoms with van der Waals surface area (Å²) in [6, 6.07) is 5.45. The normalized spacial score (nSPS) is 25.4. The first-order chi connectivity index (χ1) is 7.93. The van der Waals surface area contributed by atoms with E-state index in [0.717, 1.165) is 6.07 Å². The van der Waals surface area contributed by atoms with Crippen LogP contribution in [0.15, 0.2) is 24.3 Å². The average Bonchev–Trinajstić information content (AvgIpc) is 2.49. The number of rotatable bonds is 2. The van der Waals surface area contributed by atoms with Crippen molar-refractivity contribution in [3.63, 3.8) is 0 Å². The van der Waals surface area contributed by atoms with Gasteiger partial charge in [-0.15, -0.1) is 0 Å². The Labute approximate surface area is 96.4 Å². The highest BCUT2D eigenvalue weighted by Gasteiger charge is 2.67. The largest absolute Gasteiger partial charge is 0.463 e. The number of hydrogen-bond donors (Lipinski definition) is 0. The van der Waals surface area contributed by atoms with Crippen LogP contribution in [-0.2, 0) is 21.9 Å². The van der Waals surface area contributed by atoms with Crippen molar-refractivity contribution in [2.45, 2.75) is 24.9 Å². The van der Waals surface area contributed by atoms with Crippen LogP contribution in [0.25, 0.3) is 0 Å². The predicted molar refractivity (Wildman–Crippen MR) is 54.5 cm³/mol. The summed E-state index contributed by atoms with van der Waals surface area (Å²) in [4.78, 5) is 11.4. The first kappa shape index (κ1) is 12.0. The van der Waals surface area contributed by atoms with E-state index in [2.05, 4.69) is 4.74 Å². The lowest BCUT2D eigenvalue weighted by Gasteiger charge is -2.24. The van der Waals surface area contributed by atoms with E-state index in [1.807, 2.05) is 0 Å². The fourth-order valence-electron chi connectivity index (χ4n) is 2.01. The lowest BCUT2D eigenvalue weighted by atomic mass is 9.99. The van der Waals surface area contributed by atoms with Crippen molar-refractivity contribution in [3.05, 3.63) is 35.4 Å². The first-order valence-electron chi connectivity index (χ1n) is 5.26. The molecule has 0 N–H and O–H groups in total. The van der Waals surface area contributed by atoms with Gasteiger partial charge >= 0.3 is 11.9 Å². The Bertz CT molecular complexity index is 459. The molecule has 0 bridgehead atoms. The fraction of sp³-hybridized carbons (Fsp3) is 0.417. The summed E-state index contributed by atoms with van der Waals surface area (Å²) in [5.41, 5.74) is -3.57. The Morgan fingerprint density at radius 2 is 2.00 bits per heavy atom. The zero-order valence-electron chi connectivity index (χ0n) is 9.17. The van der Waals surface area contributed by atoms with Gasteiger partial charge in [0.15, 0.2) is 0 Å². The maximum Gasteiger partial charge on any atom is 0.351 e. The molecule has 1 aliphatic carbocycles. The molecule has 1 atom stereocenters. The van der Waals surface area contributed by atoms with Crippen molar-refractivity contribution in [1.29, 1.82) is 0 Å². The van der Waals surface area contributed by atoms with Gasteiger partial charge < -0.3 is 4.74 Å². The number of carbonyl (C=O) groups excluding carboxylic acids is 1. The fourth-order valence-corrected chi connectivity index (χ4v) is 2.01. The molecule has 0 aromatic heterocycles. The van der Waals surface area contributed by atoms with Gasteiger partial charge in [0.1, 0.15) is 0 Å². The standard InChI is InChI=1S/C12H11F3O2/c1-2-17-10(16)11(13)7-8-5-3-4-6-9(8)12(11,14)15/h3-6H,2,7H2,1H3. The molecule has 17 heavy (non-hydrogen) atoms. The molecule has 0 aliphatic heterocycles. The average molecular weight is 244 g/mol. The van der Waals surface area contributed by atoms with E-state index in [9.17, 15) is 18.0 Å². The van der Waals surface area contributed by atoms with E-state index in [1.54, 1.807) is 0 Å². The van der Waals surface area contributed by atoms with Crippen LogP contribution in [0.1, 0.15) is 18.1 Å². The molecular weight excluding hydrogens is 233 g/mol. The van der Waals surface area contributed by atoms with Gasteiger partial charge in [0, 0.05) is 12.0 Å². The third kappa shape index (κ3) is 1.52. The molecule has 2 nitrogen and oxygen atoms in total. The van der Waals surface area contributed by atoms with Crippen molar-refractivity contribution in [2.24, 2.45) is 0 Å². The molecule has 0 fully saturated rings. The first-order valence-corrected chi connectivity index (χ1v) is 5.26. The monoisotopic (exact) mass is 244 g/mol. The molecule has 0 spiro atoms. The van der Waals surface area contributed by atoms with Crippen molar-refractivity contribution < 1.29 is 22.7 Å². The molecule has 1 unspecified atom stereocenters. The third-order valence-electron chi connectivity index (χ3n) is 2.89. The molecule has 1 aliphatic rings. The Hall–Kier alpha value is -1.52. The summed E-state index contributed by atoms with van der Waals surface area (Å²) < 4.78 is 46.4. The number of carbonyl (C=O) groups is 1. The number of halogens is 3. The molecular formula is C12H11F3O2. The van der Waals surface area contributed by atoms with E-state index in [0.29, 0.717) is 0 Å². The van der Waals surface area contributed by atoms with Crippen molar-refractivity contribution >= 4 is 5.97 Å². The molecule has 5 heteroatoms. The molecule has 1 aromatic rings. The van der Waals surface area contributed by atoms with Crippen LogP contribution in [0.4, 0.5) is 13.2 Å². The van der Waals surface area contributed by atoms with E-state index in [4.69, 9.17) is 0 Å². The lowest BCUT2D eigenvalue weighted by Crippen LogP contribution is -2.47. The Morgan fingerprint density at radius 1 is 1.35 bits per heavy atom. The number of fused-ring (bicyclic) bond motifs is 1. The molecule has 1 aromatic carbocycles. The van der Waals surface area contributed by atoms with Gasteiger partial charge in [-0.25, -0.2) is 9.18 Å². The molecule has 92 valence electrons.